The molecule has 8 heteroatoms. The molecule has 0 radical (unpaired) electrons. The molecule has 0 spiro atoms. The van der Waals surface area contributed by atoms with Crippen LogP contribution in [0.5, 0.6) is 0 Å². The zero-order valence-corrected chi connectivity index (χ0v) is 17.4. The van der Waals surface area contributed by atoms with Gasteiger partial charge < -0.3 is 9.80 Å². The summed E-state index contributed by atoms with van der Waals surface area (Å²) in [6.45, 7) is 10.5. The van der Waals surface area contributed by atoms with Gasteiger partial charge in [0, 0.05) is 61.9 Å². The lowest BCUT2D eigenvalue weighted by atomic mass is 10.0. The molecule has 3 rings (SSSR count). The van der Waals surface area contributed by atoms with E-state index in [0.717, 1.165) is 35.7 Å². The predicted molar refractivity (Wildman–Crippen MR) is 111 cm³/mol. The molecular weight excluding hydrogens is 370 g/mol. The molecule has 0 atom stereocenters. The molecule has 1 aromatic carbocycles. The summed E-state index contributed by atoms with van der Waals surface area (Å²) >= 11 is 0. The van der Waals surface area contributed by atoms with Crippen molar-refractivity contribution in [2.24, 2.45) is 5.92 Å². The van der Waals surface area contributed by atoms with Crippen molar-refractivity contribution in [3.8, 4) is 0 Å². The number of amides is 1. The highest BCUT2D eigenvalue weighted by Crippen LogP contribution is 2.26. The number of nitro groups is 1. The Morgan fingerprint density at radius 1 is 1.10 bits per heavy atom. The number of aromatic nitrogens is 2. The van der Waals surface area contributed by atoms with Crippen LogP contribution in [-0.2, 0) is 11.2 Å². The number of carbonyl (C=O) groups is 1. The van der Waals surface area contributed by atoms with E-state index in [1.165, 1.54) is 12.1 Å². The van der Waals surface area contributed by atoms with Gasteiger partial charge in [0.05, 0.1) is 4.92 Å². The van der Waals surface area contributed by atoms with Gasteiger partial charge in [0.25, 0.3) is 5.69 Å². The van der Waals surface area contributed by atoms with Crippen molar-refractivity contribution in [3.63, 3.8) is 0 Å². The third kappa shape index (κ3) is 4.70. The predicted octanol–water partition coefficient (Wildman–Crippen LogP) is 2.90. The van der Waals surface area contributed by atoms with Crippen LogP contribution >= 0.6 is 0 Å². The topological polar surface area (TPSA) is 92.5 Å². The van der Waals surface area contributed by atoms with Gasteiger partial charge in [0.15, 0.2) is 0 Å². The van der Waals surface area contributed by atoms with Crippen LogP contribution in [-0.4, -0.2) is 51.9 Å². The number of carbonyl (C=O) groups excluding carboxylic acids is 1. The van der Waals surface area contributed by atoms with Gasteiger partial charge in [-0.1, -0.05) is 26.0 Å². The molecule has 1 aromatic heterocycles. The van der Waals surface area contributed by atoms with Crippen molar-refractivity contribution in [2.45, 2.75) is 34.1 Å². The monoisotopic (exact) mass is 397 g/mol. The molecule has 1 fully saturated rings. The molecule has 0 N–H and O–H groups in total. The number of aryl methyl sites for hydroxylation is 2. The second kappa shape index (κ2) is 8.55. The lowest BCUT2D eigenvalue weighted by Gasteiger charge is -2.37. The summed E-state index contributed by atoms with van der Waals surface area (Å²) in [7, 11) is 0. The van der Waals surface area contributed by atoms with Crippen molar-refractivity contribution in [2.75, 3.05) is 31.1 Å². The molecular formula is C21H27N5O3. The Labute approximate surface area is 170 Å². The molecule has 0 aliphatic carbocycles. The third-order valence-electron chi connectivity index (χ3n) is 5.22. The number of hydrogen-bond acceptors (Lipinski definition) is 6. The Morgan fingerprint density at radius 2 is 1.72 bits per heavy atom. The minimum absolute atomic E-state index is 0.00258. The molecule has 2 heterocycles. The van der Waals surface area contributed by atoms with Crippen LogP contribution in [0.15, 0.2) is 24.3 Å². The molecule has 29 heavy (non-hydrogen) atoms. The second-order valence-corrected chi connectivity index (χ2v) is 7.73. The first-order chi connectivity index (χ1) is 13.8. The van der Waals surface area contributed by atoms with E-state index in [1.54, 1.807) is 12.1 Å². The molecule has 1 aliphatic rings. The number of rotatable bonds is 5. The molecule has 0 unspecified atom stereocenters. The zero-order chi connectivity index (χ0) is 21.1. The van der Waals surface area contributed by atoms with Gasteiger partial charge in [-0.2, -0.15) is 0 Å². The van der Waals surface area contributed by atoms with E-state index in [4.69, 9.17) is 4.98 Å². The molecule has 1 saturated heterocycles. The fraction of sp³-hybridized carbons (Fsp3) is 0.476. The quantitative estimate of drug-likeness (QED) is 0.569. The largest absolute Gasteiger partial charge is 0.353 e. The minimum atomic E-state index is -0.395. The van der Waals surface area contributed by atoms with Crippen molar-refractivity contribution in [1.82, 2.24) is 14.9 Å². The summed E-state index contributed by atoms with van der Waals surface area (Å²) in [4.78, 5) is 36.1. The third-order valence-corrected chi connectivity index (χ3v) is 5.22. The van der Waals surface area contributed by atoms with Gasteiger partial charge in [0.1, 0.15) is 11.6 Å². The van der Waals surface area contributed by atoms with Crippen molar-refractivity contribution in [1.29, 1.82) is 0 Å². The molecule has 154 valence electrons. The van der Waals surface area contributed by atoms with Crippen LogP contribution in [0.25, 0.3) is 0 Å². The van der Waals surface area contributed by atoms with Crippen LogP contribution in [0.4, 0.5) is 11.5 Å². The molecule has 1 aliphatic heterocycles. The van der Waals surface area contributed by atoms with E-state index in [1.807, 2.05) is 32.6 Å². The lowest BCUT2D eigenvalue weighted by molar-refractivity contribution is -0.384. The van der Waals surface area contributed by atoms with Crippen LogP contribution in [0.2, 0.25) is 0 Å². The zero-order valence-electron chi connectivity index (χ0n) is 17.4. The first kappa shape index (κ1) is 20.7. The fourth-order valence-corrected chi connectivity index (χ4v) is 3.63. The molecule has 8 nitrogen and oxygen atoms in total. The van der Waals surface area contributed by atoms with Crippen molar-refractivity contribution >= 4 is 17.4 Å². The summed E-state index contributed by atoms with van der Waals surface area (Å²) in [5.74, 6) is 1.80. The first-order valence-corrected chi connectivity index (χ1v) is 9.87. The van der Waals surface area contributed by atoms with Crippen molar-refractivity contribution < 1.29 is 9.72 Å². The Morgan fingerprint density at radius 3 is 2.28 bits per heavy atom. The number of nitrogens with zero attached hydrogens (tertiary/aromatic N) is 5. The number of piperazine rings is 1. The maximum Gasteiger partial charge on any atom is 0.269 e. The number of nitro benzene ring substituents is 1. The Kier molecular flexibility index (Phi) is 6.10. The smallest absolute Gasteiger partial charge is 0.269 e. The van der Waals surface area contributed by atoms with Crippen LogP contribution < -0.4 is 4.90 Å². The standard InChI is InChI=1S/C21H27N5O3/c1-14(2)21(27)25-11-9-24(10-12-25)20-19(15(3)22-16(4)23-20)13-17-5-7-18(8-6-17)26(28)29/h5-8,14H,9-13H2,1-4H3. The van der Waals surface area contributed by atoms with E-state index in [-0.39, 0.29) is 17.5 Å². The molecule has 0 bridgehead atoms. The highest BCUT2D eigenvalue weighted by Gasteiger charge is 2.25. The average Bonchev–Trinajstić information content (AvgIpc) is 2.69. The summed E-state index contributed by atoms with van der Waals surface area (Å²) in [5, 5.41) is 10.9. The molecule has 0 saturated carbocycles. The maximum absolute atomic E-state index is 12.3. The maximum atomic E-state index is 12.3. The Balaban J connectivity index is 1.83. The number of anilines is 1. The Hall–Kier alpha value is -3.03. The van der Waals surface area contributed by atoms with Gasteiger partial charge in [-0.15, -0.1) is 0 Å². The van der Waals surface area contributed by atoms with E-state index in [9.17, 15) is 14.9 Å². The van der Waals surface area contributed by atoms with Crippen LogP contribution in [0.1, 0.15) is 36.5 Å². The Bertz CT molecular complexity index is 903. The van der Waals surface area contributed by atoms with Gasteiger partial charge in [-0.25, -0.2) is 9.97 Å². The van der Waals surface area contributed by atoms with Gasteiger partial charge >= 0.3 is 0 Å². The number of hydrogen-bond donors (Lipinski definition) is 0. The second-order valence-electron chi connectivity index (χ2n) is 7.73. The summed E-state index contributed by atoms with van der Waals surface area (Å²) in [6.07, 6.45) is 0.602. The normalized spacial score (nSPS) is 14.4. The SMILES string of the molecule is Cc1nc(C)c(Cc2ccc([N+](=O)[O-])cc2)c(N2CCN(C(=O)C(C)C)CC2)n1. The molecule has 1 amide bonds. The summed E-state index contributed by atoms with van der Waals surface area (Å²) in [6, 6.07) is 6.60. The first-order valence-electron chi connectivity index (χ1n) is 9.87. The van der Waals surface area contributed by atoms with E-state index >= 15 is 0 Å². The lowest BCUT2D eigenvalue weighted by Crippen LogP contribution is -2.50. The average molecular weight is 397 g/mol. The van der Waals surface area contributed by atoms with E-state index in [2.05, 4.69) is 9.88 Å². The van der Waals surface area contributed by atoms with Gasteiger partial charge in [-0.05, 0) is 19.4 Å². The van der Waals surface area contributed by atoms with Crippen LogP contribution in [0.3, 0.4) is 0 Å². The fourth-order valence-electron chi connectivity index (χ4n) is 3.63. The molecule has 2 aromatic rings. The highest BCUT2D eigenvalue weighted by molar-refractivity contribution is 5.78. The summed E-state index contributed by atoms with van der Waals surface area (Å²) in [5.41, 5.74) is 2.98. The highest BCUT2D eigenvalue weighted by atomic mass is 16.6. The number of non-ortho nitro benzene ring substituents is 1. The van der Waals surface area contributed by atoms with Crippen molar-refractivity contribution in [3.05, 3.63) is 57.0 Å². The van der Waals surface area contributed by atoms with Crippen LogP contribution in [0, 0.1) is 29.9 Å². The van der Waals surface area contributed by atoms with Gasteiger partial charge in [0.2, 0.25) is 5.91 Å². The number of benzene rings is 1. The van der Waals surface area contributed by atoms with E-state index < -0.39 is 4.92 Å². The van der Waals surface area contributed by atoms with E-state index in [0.29, 0.717) is 25.3 Å². The van der Waals surface area contributed by atoms with Gasteiger partial charge in [-0.3, -0.25) is 14.9 Å². The summed E-state index contributed by atoms with van der Waals surface area (Å²) < 4.78 is 0. The minimum Gasteiger partial charge on any atom is -0.353 e.